The summed E-state index contributed by atoms with van der Waals surface area (Å²) in [6.45, 7) is 8.06. The van der Waals surface area contributed by atoms with Crippen LogP contribution in [0, 0.1) is 19.7 Å². The lowest BCUT2D eigenvalue weighted by Crippen LogP contribution is -1.98. The van der Waals surface area contributed by atoms with E-state index in [9.17, 15) is 4.39 Å². The van der Waals surface area contributed by atoms with Gasteiger partial charge in [-0.15, -0.1) is 0 Å². The molecular weight excluding hydrogens is 151 g/mol. The van der Waals surface area contributed by atoms with Crippen LogP contribution in [0.4, 0.5) is 4.39 Å². The summed E-state index contributed by atoms with van der Waals surface area (Å²) in [5, 5.41) is 0. The minimum atomic E-state index is -0.0932. The fraction of sp³-hybridized carbons (Fsp3) is 0.455. The number of aryl methyl sites for hydroxylation is 1. The van der Waals surface area contributed by atoms with Crippen LogP contribution in [0.5, 0.6) is 0 Å². The van der Waals surface area contributed by atoms with Crippen LogP contribution in [0.2, 0.25) is 0 Å². The molecule has 0 aliphatic rings. The van der Waals surface area contributed by atoms with E-state index >= 15 is 0 Å². The lowest BCUT2D eigenvalue weighted by molar-refractivity contribution is 0.611. The summed E-state index contributed by atoms with van der Waals surface area (Å²) >= 11 is 0. The van der Waals surface area contributed by atoms with Gasteiger partial charge in [0.25, 0.3) is 0 Å². The fourth-order valence-corrected chi connectivity index (χ4v) is 1.73. The first-order valence-corrected chi connectivity index (χ1v) is 4.29. The number of rotatable bonds is 1. The van der Waals surface area contributed by atoms with E-state index in [2.05, 4.69) is 13.8 Å². The van der Waals surface area contributed by atoms with Crippen LogP contribution in [0.3, 0.4) is 0 Å². The Morgan fingerprint density at radius 2 is 1.75 bits per heavy atom. The fourth-order valence-electron chi connectivity index (χ4n) is 1.73. The highest BCUT2D eigenvalue weighted by molar-refractivity contribution is 5.36. The Bertz CT molecular complexity index is 287. The highest BCUT2D eigenvalue weighted by Gasteiger charge is 2.09. The molecule has 0 aromatic heterocycles. The summed E-state index contributed by atoms with van der Waals surface area (Å²) in [4.78, 5) is 0. The van der Waals surface area contributed by atoms with E-state index in [1.807, 2.05) is 19.9 Å². The minimum Gasteiger partial charge on any atom is -0.207 e. The van der Waals surface area contributed by atoms with Crippen molar-refractivity contribution in [2.45, 2.75) is 33.6 Å². The van der Waals surface area contributed by atoms with Crippen molar-refractivity contribution in [1.29, 1.82) is 0 Å². The largest absolute Gasteiger partial charge is 0.207 e. The SMILES string of the molecule is Cc1ccc(F)c(C)c1C(C)C. The molecule has 1 aromatic carbocycles. The molecule has 66 valence electrons. The quantitative estimate of drug-likeness (QED) is 0.598. The normalized spacial score (nSPS) is 10.8. The lowest BCUT2D eigenvalue weighted by Gasteiger charge is -2.13. The third-order valence-corrected chi connectivity index (χ3v) is 2.24. The van der Waals surface area contributed by atoms with Crippen molar-refractivity contribution in [3.63, 3.8) is 0 Å². The van der Waals surface area contributed by atoms with Gasteiger partial charge in [0.1, 0.15) is 5.82 Å². The molecule has 0 atom stereocenters. The molecule has 0 unspecified atom stereocenters. The van der Waals surface area contributed by atoms with Crippen molar-refractivity contribution in [1.82, 2.24) is 0 Å². The topological polar surface area (TPSA) is 0 Å². The second kappa shape index (κ2) is 3.26. The van der Waals surface area contributed by atoms with E-state index < -0.39 is 0 Å². The smallest absolute Gasteiger partial charge is 0.126 e. The Morgan fingerprint density at radius 3 is 2.17 bits per heavy atom. The lowest BCUT2D eigenvalue weighted by atomic mass is 9.93. The van der Waals surface area contributed by atoms with Gasteiger partial charge in [0.2, 0.25) is 0 Å². The van der Waals surface area contributed by atoms with Gasteiger partial charge in [-0.3, -0.25) is 0 Å². The minimum absolute atomic E-state index is 0.0932. The van der Waals surface area contributed by atoms with Gasteiger partial charge >= 0.3 is 0 Å². The predicted molar refractivity (Wildman–Crippen MR) is 50.0 cm³/mol. The van der Waals surface area contributed by atoms with Crippen LogP contribution in [-0.4, -0.2) is 0 Å². The highest BCUT2D eigenvalue weighted by atomic mass is 19.1. The Balaban J connectivity index is 3.33. The van der Waals surface area contributed by atoms with Crippen LogP contribution in [0.25, 0.3) is 0 Å². The number of benzene rings is 1. The summed E-state index contributed by atoms with van der Waals surface area (Å²) in [5.41, 5.74) is 3.13. The van der Waals surface area contributed by atoms with Gasteiger partial charge in [0, 0.05) is 0 Å². The van der Waals surface area contributed by atoms with E-state index in [0.717, 1.165) is 11.1 Å². The molecule has 0 amide bonds. The van der Waals surface area contributed by atoms with Crippen molar-refractivity contribution < 1.29 is 4.39 Å². The molecular formula is C11H15F. The van der Waals surface area contributed by atoms with Gasteiger partial charge in [-0.05, 0) is 42.5 Å². The summed E-state index contributed by atoms with van der Waals surface area (Å²) in [6, 6.07) is 3.38. The van der Waals surface area contributed by atoms with Crippen LogP contribution in [-0.2, 0) is 0 Å². The Kier molecular flexibility index (Phi) is 2.51. The molecule has 0 nitrogen and oxygen atoms in total. The molecule has 12 heavy (non-hydrogen) atoms. The third-order valence-electron chi connectivity index (χ3n) is 2.24. The number of halogens is 1. The van der Waals surface area contributed by atoms with Crippen molar-refractivity contribution in [3.05, 3.63) is 34.6 Å². The highest BCUT2D eigenvalue weighted by Crippen LogP contribution is 2.24. The van der Waals surface area contributed by atoms with Crippen LogP contribution >= 0.6 is 0 Å². The molecule has 1 heteroatoms. The van der Waals surface area contributed by atoms with E-state index in [0.29, 0.717) is 5.92 Å². The zero-order valence-electron chi connectivity index (χ0n) is 8.11. The summed E-state index contributed by atoms with van der Waals surface area (Å²) < 4.78 is 13.1. The van der Waals surface area contributed by atoms with Crippen molar-refractivity contribution >= 4 is 0 Å². The van der Waals surface area contributed by atoms with Gasteiger partial charge in [-0.2, -0.15) is 0 Å². The van der Waals surface area contributed by atoms with Gasteiger partial charge in [-0.1, -0.05) is 19.9 Å². The molecule has 0 N–H and O–H groups in total. The molecule has 1 aromatic rings. The van der Waals surface area contributed by atoms with E-state index in [1.54, 1.807) is 0 Å². The first-order valence-electron chi connectivity index (χ1n) is 4.29. The molecule has 0 aliphatic carbocycles. The second-order valence-corrected chi connectivity index (χ2v) is 3.56. The van der Waals surface area contributed by atoms with Crippen molar-refractivity contribution in [2.24, 2.45) is 0 Å². The third kappa shape index (κ3) is 1.50. The number of hydrogen-bond donors (Lipinski definition) is 0. The standard InChI is InChI=1S/C11H15F/c1-7(2)11-8(3)5-6-10(12)9(11)4/h5-7H,1-4H3. The van der Waals surface area contributed by atoms with E-state index in [1.165, 1.54) is 11.6 Å². The predicted octanol–water partition coefficient (Wildman–Crippen LogP) is 3.57. The number of hydrogen-bond acceptors (Lipinski definition) is 0. The average Bonchev–Trinajstić information content (AvgIpc) is 1.97. The Morgan fingerprint density at radius 1 is 1.17 bits per heavy atom. The van der Waals surface area contributed by atoms with Crippen LogP contribution in [0.15, 0.2) is 12.1 Å². The van der Waals surface area contributed by atoms with Crippen molar-refractivity contribution in [2.75, 3.05) is 0 Å². The molecule has 0 aliphatic heterocycles. The molecule has 0 saturated carbocycles. The monoisotopic (exact) mass is 166 g/mol. The molecule has 0 saturated heterocycles. The van der Waals surface area contributed by atoms with Crippen LogP contribution < -0.4 is 0 Å². The first kappa shape index (κ1) is 9.24. The second-order valence-electron chi connectivity index (χ2n) is 3.56. The molecule has 0 fully saturated rings. The first-order chi connectivity index (χ1) is 5.54. The summed E-state index contributed by atoms with van der Waals surface area (Å²) in [6.07, 6.45) is 0. The maximum Gasteiger partial charge on any atom is 0.126 e. The maximum atomic E-state index is 13.1. The van der Waals surface area contributed by atoms with Crippen molar-refractivity contribution in [3.8, 4) is 0 Å². The molecule has 0 spiro atoms. The summed E-state index contributed by atoms with van der Waals surface area (Å²) in [7, 11) is 0. The summed E-state index contributed by atoms with van der Waals surface area (Å²) in [5.74, 6) is 0.310. The van der Waals surface area contributed by atoms with Gasteiger partial charge in [-0.25, -0.2) is 4.39 Å². The van der Waals surface area contributed by atoms with E-state index in [4.69, 9.17) is 0 Å². The molecule has 0 radical (unpaired) electrons. The molecule has 0 heterocycles. The maximum absolute atomic E-state index is 13.1. The van der Waals surface area contributed by atoms with Gasteiger partial charge in [0.05, 0.1) is 0 Å². The van der Waals surface area contributed by atoms with Gasteiger partial charge in [0.15, 0.2) is 0 Å². The Hall–Kier alpha value is -0.850. The van der Waals surface area contributed by atoms with E-state index in [-0.39, 0.29) is 5.82 Å². The molecule has 1 rings (SSSR count). The Labute approximate surface area is 73.4 Å². The molecule has 0 bridgehead atoms. The van der Waals surface area contributed by atoms with Gasteiger partial charge < -0.3 is 0 Å². The zero-order valence-corrected chi connectivity index (χ0v) is 8.11. The average molecular weight is 166 g/mol. The zero-order chi connectivity index (χ0) is 9.30. The van der Waals surface area contributed by atoms with Crippen LogP contribution in [0.1, 0.15) is 36.5 Å².